The molecule has 2 saturated heterocycles. The van der Waals surface area contributed by atoms with Gasteiger partial charge in [0.15, 0.2) is 0 Å². The van der Waals surface area contributed by atoms with Gasteiger partial charge in [-0.2, -0.15) is 0 Å². The molecular formula is C23H31F2N3O4. The van der Waals surface area contributed by atoms with Gasteiger partial charge in [0, 0.05) is 63.7 Å². The number of carbonyl (C=O) groups excluding carboxylic acids is 3. The number of nitrogens with one attached hydrogen (secondary N) is 2. The molecule has 1 aromatic carbocycles. The van der Waals surface area contributed by atoms with Gasteiger partial charge in [-0.3, -0.25) is 14.4 Å². The number of carbonyl (C=O) groups is 3. The average molecular weight is 452 g/mol. The van der Waals surface area contributed by atoms with Crippen LogP contribution in [0.15, 0.2) is 18.2 Å². The van der Waals surface area contributed by atoms with Gasteiger partial charge in [0.25, 0.3) is 0 Å². The topological polar surface area (TPSA) is 87.7 Å². The molecule has 1 aromatic rings. The molecule has 0 unspecified atom stereocenters. The number of hydrogen-bond acceptors (Lipinski definition) is 4. The number of amides is 3. The third kappa shape index (κ3) is 6.98. The lowest BCUT2D eigenvalue weighted by atomic mass is 9.95. The Morgan fingerprint density at radius 3 is 2.41 bits per heavy atom. The van der Waals surface area contributed by atoms with Crippen LogP contribution in [0, 0.1) is 23.5 Å². The molecule has 3 rings (SSSR count). The maximum atomic E-state index is 13.4. The van der Waals surface area contributed by atoms with Gasteiger partial charge in [0.05, 0.1) is 0 Å². The highest BCUT2D eigenvalue weighted by atomic mass is 19.1. The molecular weight excluding hydrogens is 420 g/mol. The van der Waals surface area contributed by atoms with Gasteiger partial charge in [-0.1, -0.05) is 6.42 Å². The summed E-state index contributed by atoms with van der Waals surface area (Å²) < 4.78 is 32.0. The third-order valence-electron chi connectivity index (χ3n) is 6.14. The van der Waals surface area contributed by atoms with Crippen molar-refractivity contribution in [3.63, 3.8) is 0 Å². The predicted octanol–water partition coefficient (Wildman–Crippen LogP) is 2.14. The number of rotatable bonds is 5. The molecule has 2 N–H and O–H groups in total. The van der Waals surface area contributed by atoms with Crippen molar-refractivity contribution in [3.8, 4) is 0 Å². The van der Waals surface area contributed by atoms with Crippen molar-refractivity contribution >= 4 is 17.7 Å². The Morgan fingerprint density at radius 1 is 1.03 bits per heavy atom. The molecule has 9 heteroatoms. The van der Waals surface area contributed by atoms with E-state index in [1.807, 2.05) is 0 Å². The van der Waals surface area contributed by atoms with E-state index in [0.717, 1.165) is 18.2 Å². The van der Waals surface area contributed by atoms with Crippen LogP contribution >= 0.6 is 0 Å². The Kier molecular flexibility index (Phi) is 8.55. The Labute approximate surface area is 186 Å². The van der Waals surface area contributed by atoms with Crippen molar-refractivity contribution in [3.05, 3.63) is 35.4 Å². The summed E-state index contributed by atoms with van der Waals surface area (Å²) in [5.74, 6) is -2.51. The maximum absolute atomic E-state index is 13.4. The van der Waals surface area contributed by atoms with E-state index in [1.165, 1.54) is 0 Å². The summed E-state index contributed by atoms with van der Waals surface area (Å²) in [4.78, 5) is 39.5. The van der Waals surface area contributed by atoms with E-state index in [9.17, 15) is 23.2 Å². The van der Waals surface area contributed by atoms with Gasteiger partial charge >= 0.3 is 0 Å². The number of hydrogen-bond donors (Lipinski definition) is 2. The second-order valence-electron chi connectivity index (χ2n) is 8.69. The molecule has 0 saturated carbocycles. The van der Waals surface area contributed by atoms with Crippen LogP contribution in [0.2, 0.25) is 0 Å². The first-order valence-corrected chi connectivity index (χ1v) is 11.2. The van der Waals surface area contributed by atoms with E-state index in [0.29, 0.717) is 57.4 Å². The average Bonchev–Trinajstić information content (AvgIpc) is 2.82. The highest BCUT2D eigenvalue weighted by Gasteiger charge is 2.29. The molecule has 2 atom stereocenters. The van der Waals surface area contributed by atoms with Crippen molar-refractivity contribution in [2.45, 2.75) is 51.1 Å². The van der Waals surface area contributed by atoms with Crippen LogP contribution in [-0.2, 0) is 25.7 Å². The highest BCUT2D eigenvalue weighted by molar-refractivity contribution is 5.86. The molecule has 7 nitrogen and oxygen atoms in total. The Balaban J connectivity index is 1.55. The zero-order valence-corrected chi connectivity index (χ0v) is 18.4. The fourth-order valence-corrected chi connectivity index (χ4v) is 4.27. The second kappa shape index (κ2) is 11.4. The summed E-state index contributed by atoms with van der Waals surface area (Å²) in [6.45, 7) is 1.54. The van der Waals surface area contributed by atoms with Crippen LogP contribution in [0.25, 0.3) is 0 Å². The summed E-state index contributed by atoms with van der Waals surface area (Å²) in [6.07, 6.45) is 3.28. The number of nitrogens with zero attached hydrogens (tertiary/aromatic N) is 1. The van der Waals surface area contributed by atoms with Crippen LogP contribution in [0.1, 0.15) is 44.1 Å². The summed E-state index contributed by atoms with van der Waals surface area (Å²) in [5, 5.41) is 5.77. The van der Waals surface area contributed by atoms with Crippen LogP contribution in [0.4, 0.5) is 8.78 Å². The lowest BCUT2D eigenvalue weighted by Gasteiger charge is -2.27. The molecule has 176 valence electrons. The van der Waals surface area contributed by atoms with Crippen molar-refractivity contribution < 1.29 is 27.9 Å². The summed E-state index contributed by atoms with van der Waals surface area (Å²) >= 11 is 0. The smallest absolute Gasteiger partial charge is 0.223 e. The lowest BCUT2D eigenvalue weighted by Crippen LogP contribution is -2.46. The largest absolute Gasteiger partial charge is 0.381 e. The van der Waals surface area contributed by atoms with Crippen molar-refractivity contribution in [2.24, 2.45) is 11.8 Å². The molecule has 0 radical (unpaired) electrons. The monoisotopic (exact) mass is 451 g/mol. The van der Waals surface area contributed by atoms with Gasteiger partial charge in [-0.25, -0.2) is 8.78 Å². The Morgan fingerprint density at radius 2 is 1.72 bits per heavy atom. The maximum Gasteiger partial charge on any atom is 0.223 e. The number of benzene rings is 1. The minimum absolute atomic E-state index is 0.00462. The fourth-order valence-electron chi connectivity index (χ4n) is 4.27. The number of halogens is 2. The highest BCUT2D eigenvalue weighted by Crippen LogP contribution is 2.20. The predicted molar refractivity (Wildman–Crippen MR) is 113 cm³/mol. The standard InChI is InChI=1S/C23H31F2N3O4/c1-28-14-20(27-23(31)16-5-7-32-8-6-16)4-2-3-17(11-21(28)29)22(30)26-13-15-9-18(24)12-19(25)10-15/h9-10,12,16-17,20H,2-8,11,13-14H2,1H3,(H,26,30)(H,27,31)/t17-,20-/m1/s1. The molecule has 0 bridgehead atoms. The Hall–Kier alpha value is -2.55. The Bertz CT molecular complexity index is 809. The first kappa shape index (κ1) is 24.1. The van der Waals surface area contributed by atoms with Gasteiger partial charge in [-0.05, 0) is 43.4 Å². The van der Waals surface area contributed by atoms with E-state index < -0.39 is 17.6 Å². The minimum atomic E-state index is -0.706. The molecule has 0 aromatic heterocycles. The summed E-state index contributed by atoms with van der Waals surface area (Å²) in [6, 6.07) is 2.93. The number of likely N-dealkylation sites (N-methyl/N-ethyl adjacent to an activating group) is 1. The minimum Gasteiger partial charge on any atom is -0.381 e. The van der Waals surface area contributed by atoms with Crippen molar-refractivity contribution in [2.75, 3.05) is 26.8 Å². The van der Waals surface area contributed by atoms with Crippen molar-refractivity contribution in [1.29, 1.82) is 0 Å². The van der Waals surface area contributed by atoms with E-state index >= 15 is 0 Å². The normalized spacial score (nSPS) is 23.1. The van der Waals surface area contributed by atoms with Crippen LogP contribution in [-0.4, -0.2) is 55.5 Å². The third-order valence-corrected chi connectivity index (χ3v) is 6.14. The number of ether oxygens (including phenoxy) is 1. The zero-order chi connectivity index (χ0) is 23.1. The molecule has 2 heterocycles. The first-order chi connectivity index (χ1) is 15.3. The molecule has 3 amide bonds. The first-order valence-electron chi connectivity index (χ1n) is 11.2. The quantitative estimate of drug-likeness (QED) is 0.718. The van der Waals surface area contributed by atoms with Crippen LogP contribution in [0.3, 0.4) is 0 Å². The molecule has 2 aliphatic heterocycles. The van der Waals surface area contributed by atoms with Crippen LogP contribution < -0.4 is 10.6 Å². The zero-order valence-electron chi connectivity index (χ0n) is 18.4. The van der Waals surface area contributed by atoms with E-state index in [2.05, 4.69) is 10.6 Å². The van der Waals surface area contributed by atoms with E-state index in [-0.39, 0.29) is 42.6 Å². The molecule has 32 heavy (non-hydrogen) atoms. The second-order valence-corrected chi connectivity index (χ2v) is 8.69. The van der Waals surface area contributed by atoms with Gasteiger partial charge in [0.2, 0.25) is 17.7 Å². The lowest BCUT2D eigenvalue weighted by molar-refractivity contribution is -0.136. The van der Waals surface area contributed by atoms with Crippen LogP contribution in [0.5, 0.6) is 0 Å². The fraction of sp³-hybridized carbons (Fsp3) is 0.609. The SMILES string of the molecule is CN1C[C@H](NC(=O)C2CCOCC2)CCC[C@@H](C(=O)NCc2cc(F)cc(F)c2)CC1=O. The van der Waals surface area contributed by atoms with Crippen molar-refractivity contribution in [1.82, 2.24) is 15.5 Å². The molecule has 2 aliphatic rings. The summed E-state index contributed by atoms with van der Waals surface area (Å²) in [7, 11) is 1.67. The molecule has 2 fully saturated rings. The van der Waals surface area contributed by atoms with E-state index in [1.54, 1.807) is 11.9 Å². The van der Waals surface area contributed by atoms with Gasteiger partial charge < -0.3 is 20.3 Å². The molecule has 0 spiro atoms. The van der Waals surface area contributed by atoms with Gasteiger partial charge in [-0.15, -0.1) is 0 Å². The van der Waals surface area contributed by atoms with Gasteiger partial charge in [0.1, 0.15) is 11.6 Å². The molecule has 0 aliphatic carbocycles. The van der Waals surface area contributed by atoms with E-state index in [4.69, 9.17) is 4.74 Å². The summed E-state index contributed by atoms with van der Waals surface area (Å²) in [5.41, 5.74) is 0.318.